The van der Waals surface area contributed by atoms with Crippen LogP contribution in [0.25, 0.3) is 17.6 Å². The number of alkyl halides is 3. The summed E-state index contributed by atoms with van der Waals surface area (Å²) in [5, 5.41) is 3.34. The van der Waals surface area contributed by atoms with E-state index in [0.29, 0.717) is 27.5 Å². The van der Waals surface area contributed by atoms with Crippen LogP contribution in [-0.2, 0) is 7.05 Å². The number of hydrogen-bond donors (Lipinski definition) is 1. The Balaban J connectivity index is 2.21. The quantitative estimate of drug-likeness (QED) is 0.404. The molecule has 0 fully saturated rings. The largest absolute Gasteiger partial charge is 0.483 e. The molecule has 2 N–H and O–H groups in total. The average molecular weight is 507 g/mol. The zero-order valence-corrected chi connectivity index (χ0v) is 17.7. The minimum absolute atomic E-state index is 0.218. The van der Waals surface area contributed by atoms with Crippen LogP contribution in [-0.4, -0.2) is 33.0 Å². The lowest BCUT2D eigenvalue weighted by molar-refractivity contribution is -0.153. The number of aromatic nitrogens is 3. The topological polar surface area (TPSA) is 92.1 Å². The van der Waals surface area contributed by atoms with E-state index in [2.05, 4.69) is 9.84 Å². The van der Waals surface area contributed by atoms with Crippen molar-refractivity contribution < 1.29 is 35.9 Å². The van der Waals surface area contributed by atoms with Crippen LogP contribution in [0.5, 0.6) is 5.75 Å². The van der Waals surface area contributed by atoms with Crippen molar-refractivity contribution in [3.63, 3.8) is 0 Å². The summed E-state index contributed by atoms with van der Waals surface area (Å²) in [4.78, 5) is 23.7. The Hall–Kier alpha value is -3.74. The monoisotopic (exact) mass is 506 g/mol. The lowest BCUT2D eigenvalue weighted by atomic mass is 10.1. The molecule has 7 nitrogen and oxygen atoms in total. The molecule has 3 aromatic rings. The van der Waals surface area contributed by atoms with E-state index in [1.807, 2.05) is 0 Å². The molecule has 0 aliphatic carbocycles. The highest BCUT2D eigenvalue weighted by Gasteiger charge is 2.30. The van der Waals surface area contributed by atoms with Crippen LogP contribution >= 0.6 is 11.6 Å². The molecule has 0 aliphatic heterocycles. The lowest BCUT2D eigenvalue weighted by Crippen LogP contribution is -2.25. The average Bonchev–Trinajstić information content (AvgIpc) is 3.04. The van der Waals surface area contributed by atoms with E-state index >= 15 is 0 Å². The Labute approximate surface area is 191 Å². The maximum Gasteiger partial charge on any atom is 0.422 e. The van der Waals surface area contributed by atoms with Gasteiger partial charge in [-0.3, -0.25) is 9.36 Å². The fourth-order valence-electron chi connectivity index (χ4n) is 2.83. The molecular weight excluding hydrogens is 494 g/mol. The molecule has 0 atom stereocenters. The first-order valence-electron chi connectivity index (χ1n) is 9.11. The molecule has 1 aromatic heterocycles. The fraction of sp³-hybridized carbons (Fsp3) is 0.150. The Kier molecular flexibility index (Phi) is 6.77. The van der Waals surface area contributed by atoms with Crippen molar-refractivity contribution in [3.8, 4) is 11.4 Å². The van der Waals surface area contributed by atoms with Crippen molar-refractivity contribution in [2.24, 2.45) is 12.8 Å². The number of amides is 1. The van der Waals surface area contributed by atoms with Crippen molar-refractivity contribution in [2.75, 3.05) is 6.61 Å². The summed E-state index contributed by atoms with van der Waals surface area (Å²) in [6, 6.07) is 4.43. The summed E-state index contributed by atoms with van der Waals surface area (Å²) in [6.45, 7) is -1.90. The molecule has 14 heteroatoms. The first-order valence-corrected chi connectivity index (χ1v) is 9.49. The van der Waals surface area contributed by atoms with E-state index in [1.165, 1.54) is 12.1 Å². The second kappa shape index (κ2) is 9.25. The fourth-order valence-corrected chi connectivity index (χ4v) is 3.05. The predicted molar refractivity (Wildman–Crippen MR) is 109 cm³/mol. The molecular formula is C20H13ClF6N4O3. The van der Waals surface area contributed by atoms with Gasteiger partial charge in [-0.25, -0.2) is 18.0 Å². The Bertz CT molecular complexity index is 1340. The highest BCUT2D eigenvalue weighted by molar-refractivity contribution is 6.32. The molecule has 3 rings (SSSR count). The highest BCUT2D eigenvalue weighted by Crippen LogP contribution is 2.35. The van der Waals surface area contributed by atoms with E-state index in [1.54, 1.807) is 0 Å². The van der Waals surface area contributed by atoms with Gasteiger partial charge in [0.2, 0.25) is 5.82 Å². The van der Waals surface area contributed by atoms with Gasteiger partial charge in [-0.1, -0.05) is 17.7 Å². The number of primary amides is 1. The molecule has 0 saturated carbocycles. The molecule has 0 radical (unpaired) electrons. The number of benzene rings is 2. The minimum Gasteiger partial charge on any atom is -0.483 e. The maximum atomic E-state index is 15.0. The van der Waals surface area contributed by atoms with Gasteiger partial charge in [0, 0.05) is 18.7 Å². The van der Waals surface area contributed by atoms with Crippen molar-refractivity contribution in [1.82, 2.24) is 14.3 Å². The van der Waals surface area contributed by atoms with Crippen LogP contribution in [0.15, 0.2) is 35.1 Å². The highest BCUT2D eigenvalue weighted by atomic mass is 35.5. The van der Waals surface area contributed by atoms with E-state index in [9.17, 15) is 35.9 Å². The Morgan fingerprint density at radius 2 is 1.91 bits per heavy atom. The van der Waals surface area contributed by atoms with Crippen LogP contribution in [0.2, 0.25) is 5.02 Å². The third-order valence-corrected chi connectivity index (χ3v) is 4.73. The van der Waals surface area contributed by atoms with Gasteiger partial charge in [-0.15, -0.1) is 5.10 Å². The Morgan fingerprint density at radius 3 is 2.47 bits per heavy atom. The molecule has 0 saturated heterocycles. The standard InChI is InChI=1S/C20H13ClF6N4O3/c1-30-18(17(28)32)29-31(19(30)33)15-7-16(34-8-20(25,26)27)10(6-14(15)24)13(23)5-9-11(21)3-2-4-12(9)22/h2-7H,8H2,1H3,(H2,28,32)/b13-5-. The van der Waals surface area contributed by atoms with Crippen LogP contribution in [0.1, 0.15) is 21.7 Å². The van der Waals surface area contributed by atoms with E-state index in [0.717, 1.165) is 13.1 Å². The number of ether oxygens (including phenoxy) is 1. The van der Waals surface area contributed by atoms with Crippen LogP contribution in [0.3, 0.4) is 0 Å². The van der Waals surface area contributed by atoms with Gasteiger partial charge in [-0.05, 0) is 24.3 Å². The summed E-state index contributed by atoms with van der Waals surface area (Å²) in [6.07, 6.45) is -4.31. The summed E-state index contributed by atoms with van der Waals surface area (Å²) >= 11 is 5.83. The Morgan fingerprint density at radius 1 is 1.24 bits per heavy atom. The molecule has 0 aliphatic rings. The third-order valence-electron chi connectivity index (χ3n) is 4.40. The van der Waals surface area contributed by atoms with Crippen LogP contribution in [0, 0.1) is 11.6 Å². The third kappa shape index (κ3) is 5.09. The molecule has 1 heterocycles. The number of nitrogens with zero attached hydrogens (tertiary/aromatic N) is 3. The van der Waals surface area contributed by atoms with E-state index in [4.69, 9.17) is 17.3 Å². The van der Waals surface area contributed by atoms with Gasteiger partial charge < -0.3 is 10.5 Å². The van der Waals surface area contributed by atoms with Crippen molar-refractivity contribution in [2.45, 2.75) is 6.18 Å². The predicted octanol–water partition coefficient (Wildman–Crippen LogP) is 4.01. The molecule has 1 amide bonds. The number of nitrogens with two attached hydrogens (primary N) is 1. The maximum absolute atomic E-state index is 15.0. The summed E-state index contributed by atoms with van der Waals surface area (Å²) in [7, 11) is 1.10. The minimum atomic E-state index is -4.86. The zero-order chi connectivity index (χ0) is 25.4. The number of rotatable bonds is 6. The van der Waals surface area contributed by atoms with E-state index < -0.39 is 70.2 Å². The summed E-state index contributed by atoms with van der Waals surface area (Å²) in [5.74, 6) is -6.23. The van der Waals surface area contributed by atoms with Crippen molar-refractivity contribution >= 4 is 29.4 Å². The van der Waals surface area contributed by atoms with Gasteiger partial charge in [0.05, 0.1) is 10.6 Å². The second-order valence-electron chi connectivity index (χ2n) is 6.77. The summed E-state index contributed by atoms with van der Waals surface area (Å²) in [5.41, 5.74) is 1.98. The van der Waals surface area contributed by atoms with Gasteiger partial charge in [0.1, 0.15) is 28.9 Å². The lowest BCUT2D eigenvalue weighted by Gasteiger charge is -2.14. The normalized spacial score (nSPS) is 12.2. The summed E-state index contributed by atoms with van der Waals surface area (Å²) < 4.78 is 87.7. The van der Waals surface area contributed by atoms with Crippen LogP contribution < -0.4 is 16.2 Å². The van der Waals surface area contributed by atoms with E-state index in [-0.39, 0.29) is 5.02 Å². The number of hydrogen-bond acceptors (Lipinski definition) is 4. The molecule has 34 heavy (non-hydrogen) atoms. The number of carbonyl (C=O) groups excluding carboxylic acids is 1. The van der Waals surface area contributed by atoms with Gasteiger partial charge in [-0.2, -0.15) is 17.9 Å². The van der Waals surface area contributed by atoms with Gasteiger partial charge in [0.25, 0.3) is 5.91 Å². The van der Waals surface area contributed by atoms with Crippen LogP contribution in [0.4, 0.5) is 26.3 Å². The first kappa shape index (κ1) is 24.9. The first-order chi connectivity index (χ1) is 15.8. The molecule has 0 spiro atoms. The number of carbonyl (C=O) groups is 1. The molecule has 180 valence electrons. The molecule has 0 bridgehead atoms. The second-order valence-corrected chi connectivity index (χ2v) is 7.18. The molecule has 0 unspecified atom stereocenters. The van der Waals surface area contributed by atoms with Crippen molar-refractivity contribution in [1.29, 1.82) is 0 Å². The van der Waals surface area contributed by atoms with Crippen molar-refractivity contribution in [3.05, 3.63) is 74.4 Å². The number of halogens is 7. The van der Waals surface area contributed by atoms with Gasteiger partial charge in [0.15, 0.2) is 6.61 Å². The zero-order valence-electron chi connectivity index (χ0n) is 17.0. The molecule has 2 aromatic carbocycles. The SMILES string of the molecule is Cn1c(C(N)=O)nn(-c2cc(OCC(F)(F)F)c(/C(F)=C/c3c(F)cccc3Cl)cc2F)c1=O. The van der Waals surface area contributed by atoms with Gasteiger partial charge >= 0.3 is 11.9 Å². The smallest absolute Gasteiger partial charge is 0.422 e.